The van der Waals surface area contributed by atoms with Crippen LogP contribution in [0.3, 0.4) is 0 Å². The molecule has 0 bridgehead atoms. The van der Waals surface area contributed by atoms with Gasteiger partial charge in [-0.05, 0) is 50.5 Å². The van der Waals surface area contributed by atoms with Gasteiger partial charge < -0.3 is 0 Å². The van der Waals surface area contributed by atoms with Crippen LogP contribution in [0.15, 0.2) is 36.5 Å². The first-order valence-corrected chi connectivity index (χ1v) is 9.44. The van der Waals surface area contributed by atoms with Crippen LogP contribution in [0.4, 0.5) is 0 Å². The van der Waals surface area contributed by atoms with Gasteiger partial charge in [0, 0.05) is 23.4 Å². The van der Waals surface area contributed by atoms with Gasteiger partial charge in [-0.3, -0.25) is 0 Å². The molecule has 138 valence electrons. The summed E-state index contributed by atoms with van der Waals surface area (Å²) in [5.41, 5.74) is 8.69. The minimum Gasteiger partial charge on any atom is -0.234 e. The number of aromatic nitrogens is 6. The number of benzene rings is 1. The lowest BCUT2D eigenvalue weighted by Gasteiger charge is -2.05. The van der Waals surface area contributed by atoms with Gasteiger partial charge in [-0.2, -0.15) is 5.10 Å². The quantitative estimate of drug-likeness (QED) is 0.545. The molecule has 0 aliphatic heterocycles. The van der Waals surface area contributed by atoms with Gasteiger partial charge in [-0.15, -0.1) is 5.10 Å². The lowest BCUT2D eigenvalue weighted by molar-refractivity contribution is 0.797. The fourth-order valence-electron chi connectivity index (χ4n) is 3.43. The third-order valence-corrected chi connectivity index (χ3v) is 4.89. The molecule has 4 aromatic rings. The molecule has 0 atom stereocenters. The summed E-state index contributed by atoms with van der Waals surface area (Å²) in [4.78, 5) is 4.76. The Morgan fingerprint density at radius 3 is 2.44 bits per heavy atom. The first-order valence-electron chi connectivity index (χ1n) is 9.44. The van der Waals surface area contributed by atoms with E-state index >= 15 is 0 Å². The first kappa shape index (κ1) is 17.4. The molecule has 0 unspecified atom stereocenters. The molecule has 0 fully saturated rings. The normalized spacial score (nSPS) is 11.4. The van der Waals surface area contributed by atoms with Crippen molar-refractivity contribution < 1.29 is 0 Å². The average molecular weight is 360 g/mol. The smallest absolute Gasteiger partial charge is 0.159 e. The molecule has 0 aliphatic carbocycles. The van der Waals surface area contributed by atoms with Gasteiger partial charge in [0.15, 0.2) is 5.65 Å². The van der Waals surface area contributed by atoms with Crippen LogP contribution in [0.2, 0.25) is 0 Å². The maximum atomic E-state index is 4.78. The summed E-state index contributed by atoms with van der Waals surface area (Å²) >= 11 is 0. The summed E-state index contributed by atoms with van der Waals surface area (Å²) in [5, 5.41) is 13.1. The Labute approximate surface area is 158 Å². The van der Waals surface area contributed by atoms with Crippen molar-refractivity contribution in [2.24, 2.45) is 0 Å². The highest BCUT2D eigenvalue weighted by Crippen LogP contribution is 2.21. The number of nitrogens with zero attached hydrogens (tertiary/aromatic N) is 6. The summed E-state index contributed by atoms with van der Waals surface area (Å²) < 4.78 is 3.79. The van der Waals surface area contributed by atoms with Crippen LogP contribution in [0.25, 0.3) is 11.3 Å². The second-order valence-corrected chi connectivity index (χ2v) is 6.90. The van der Waals surface area contributed by atoms with Crippen LogP contribution < -0.4 is 0 Å². The topological polar surface area (TPSA) is 60.9 Å². The van der Waals surface area contributed by atoms with Crippen molar-refractivity contribution in [3.63, 3.8) is 0 Å². The molecule has 0 aliphatic rings. The molecule has 6 nitrogen and oxygen atoms in total. The Hall–Kier alpha value is -3.02. The second kappa shape index (κ2) is 6.95. The molecule has 0 saturated carbocycles. The van der Waals surface area contributed by atoms with E-state index in [2.05, 4.69) is 61.4 Å². The van der Waals surface area contributed by atoms with E-state index in [1.807, 2.05) is 22.3 Å². The number of rotatable bonds is 5. The third kappa shape index (κ3) is 3.23. The lowest BCUT2D eigenvalue weighted by atomic mass is 10.0. The molecule has 4 rings (SSSR count). The van der Waals surface area contributed by atoms with Gasteiger partial charge in [0.25, 0.3) is 0 Å². The Morgan fingerprint density at radius 2 is 1.78 bits per heavy atom. The Kier molecular flexibility index (Phi) is 4.48. The summed E-state index contributed by atoms with van der Waals surface area (Å²) in [7, 11) is 0. The van der Waals surface area contributed by atoms with E-state index < -0.39 is 0 Å². The average Bonchev–Trinajstić information content (AvgIpc) is 3.28. The fraction of sp³-hybridized carbons (Fsp3) is 0.333. The highest BCUT2D eigenvalue weighted by Gasteiger charge is 2.15. The maximum absolute atomic E-state index is 4.78. The summed E-state index contributed by atoms with van der Waals surface area (Å²) in [6, 6.07) is 10.5. The minimum absolute atomic E-state index is 0.820. The zero-order valence-electron chi connectivity index (χ0n) is 16.3. The molecule has 0 saturated heterocycles. The number of hydrogen-bond acceptors (Lipinski definition) is 4. The van der Waals surface area contributed by atoms with Crippen molar-refractivity contribution in [1.29, 1.82) is 0 Å². The number of aryl methyl sites for hydroxylation is 4. The molecule has 6 heteroatoms. The highest BCUT2D eigenvalue weighted by atomic mass is 15.4. The van der Waals surface area contributed by atoms with Gasteiger partial charge in [0.1, 0.15) is 0 Å². The highest BCUT2D eigenvalue weighted by molar-refractivity contribution is 5.54. The van der Waals surface area contributed by atoms with Crippen molar-refractivity contribution in [1.82, 2.24) is 29.6 Å². The largest absolute Gasteiger partial charge is 0.234 e. The molecule has 3 heterocycles. The lowest BCUT2D eigenvalue weighted by Crippen LogP contribution is -1.99. The Balaban J connectivity index is 1.68. The zero-order valence-corrected chi connectivity index (χ0v) is 16.3. The standard InChI is InChI=1S/C21H24N6/c1-5-17-13-26(25-23-17)18-9-7-16(8-10-18)12-19-20(6-2)24-27-15(4)11-14(3)22-21(19)27/h7-11,13H,5-6,12H2,1-4H3. The summed E-state index contributed by atoms with van der Waals surface area (Å²) in [6.07, 6.45) is 4.58. The van der Waals surface area contributed by atoms with E-state index in [0.717, 1.165) is 53.4 Å². The van der Waals surface area contributed by atoms with Crippen molar-refractivity contribution in [3.8, 4) is 5.69 Å². The van der Waals surface area contributed by atoms with Crippen LogP contribution >= 0.6 is 0 Å². The van der Waals surface area contributed by atoms with Crippen molar-refractivity contribution in [2.45, 2.75) is 47.0 Å². The zero-order chi connectivity index (χ0) is 19.0. The molecular weight excluding hydrogens is 336 g/mol. The van der Waals surface area contributed by atoms with Gasteiger partial charge >= 0.3 is 0 Å². The minimum atomic E-state index is 0.820. The first-order chi connectivity index (χ1) is 13.1. The summed E-state index contributed by atoms with van der Waals surface area (Å²) in [6.45, 7) is 8.34. The van der Waals surface area contributed by atoms with Gasteiger partial charge in [0.05, 0.1) is 23.3 Å². The molecule has 0 amide bonds. The molecule has 0 radical (unpaired) electrons. The van der Waals surface area contributed by atoms with Crippen LogP contribution in [-0.2, 0) is 19.3 Å². The Morgan fingerprint density at radius 1 is 1.00 bits per heavy atom. The molecular formula is C21H24N6. The van der Waals surface area contributed by atoms with Crippen LogP contribution in [-0.4, -0.2) is 29.6 Å². The molecule has 0 N–H and O–H groups in total. The third-order valence-electron chi connectivity index (χ3n) is 4.89. The van der Waals surface area contributed by atoms with E-state index in [1.54, 1.807) is 0 Å². The molecule has 0 spiro atoms. The van der Waals surface area contributed by atoms with E-state index in [-0.39, 0.29) is 0 Å². The van der Waals surface area contributed by atoms with Gasteiger partial charge in [-0.1, -0.05) is 31.2 Å². The molecule has 3 aromatic heterocycles. The molecule has 27 heavy (non-hydrogen) atoms. The van der Waals surface area contributed by atoms with E-state index in [9.17, 15) is 0 Å². The fourth-order valence-corrected chi connectivity index (χ4v) is 3.43. The Bertz CT molecular complexity index is 1090. The summed E-state index contributed by atoms with van der Waals surface area (Å²) in [5.74, 6) is 0. The van der Waals surface area contributed by atoms with Crippen LogP contribution in [0.5, 0.6) is 0 Å². The van der Waals surface area contributed by atoms with Gasteiger partial charge in [0.2, 0.25) is 0 Å². The maximum Gasteiger partial charge on any atom is 0.159 e. The number of hydrogen-bond donors (Lipinski definition) is 0. The molecule has 1 aromatic carbocycles. The van der Waals surface area contributed by atoms with Gasteiger partial charge in [-0.25, -0.2) is 14.2 Å². The predicted octanol–water partition coefficient (Wildman–Crippen LogP) is 3.64. The SMILES string of the molecule is CCc1cn(-c2ccc(Cc3c(CC)nn4c(C)cc(C)nc34)cc2)nn1. The monoisotopic (exact) mass is 360 g/mol. The predicted molar refractivity (Wildman–Crippen MR) is 105 cm³/mol. The van der Waals surface area contributed by atoms with Crippen molar-refractivity contribution in [3.05, 3.63) is 70.4 Å². The van der Waals surface area contributed by atoms with Crippen LogP contribution in [0.1, 0.15) is 47.8 Å². The van der Waals surface area contributed by atoms with Crippen molar-refractivity contribution in [2.75, 3.05) is 0 Å². The van der Waals surface area contributed by atoms with E-state index in [1.165, 1.54) is 11.1 Å². The number of fused-ring (bicyclic) bond motifs is 1. The second-order valence-electron chi connectivity index (χ2n) is 6.90. The van der Waals surface area contributed by atoms with Crippen molar-refractivity contribution >= 4 is 5.65 Å². The van der Waals surface area contributed by atoms with E-state index in [0.29, 0.717) is 0 Å². The van der Waals surface area contributed by atoms with Crippen LogP contribution in [0, 0.1) is 13.8 Å². The van der Waals surface area contributed by atoms with E-state index in [4.69, 9.17) is 10.1 Å².